The van der Waals surface area contributed by atoms with Crippen LogP contribution in [0.5, 0.6) is 0 Å². The van der Waals surface area contributed by atoms with Gasteiger partial charge in [-0.15, -0.1) is 0 Å². The van der Waals surface area contributed by atoms with Crippen LogP contribution >= 0.6 is 0 Å². The van der Waals surface area contributed by atoms with E-state index in [1.165, 1.54) is 0 Å². The van der Waals surface area contributed by atoms with Crippen LogP contribution in [0.3, 0.4) is 0 Å². The molecule has 0 aromatic heterocycles. The number of carbonyl (C=O) groups is 1. The third-order valence-electron chi connectivity index (χ3n) is 5.69. The summed E-state index contributed by atoms with van der Waals surface area (Å²) in [5.41, 5.74) is 4.57. The van der Waals surface area contributed by atoms with Gasteiger partial charge in [0.05, 0.1) is 23.4 Å². The molecule has 2 aromatic carbocycles. The van der Waals surface area contributed by atoms with Crippen molar-refractivity contribution in [2.75, 3.05) is 36.0 Å². The first-order valence-corrected chi connectivity index (χ1v) is 9.92. The fourth-order valence-corrected chi connectivity index (χ4v) is 4.25. The summed E-state index contributed by atoms with van der Waals surface area (Å²) in [4.78, 5) is 16.0. The van der Waals surface area contributed by atoms with Crippen molar-refractivity contribution in [3.8, 4) is 6.07 Å². The van der Waals surface area contributed by atoms with Gasteiger partial charge in [0.2, 0.25) is 0 Å². The number of aromatic carboxylic acids is 1. The van der Waals surface area contributed by atoms with Gasteiger partial charge in [-0.05, 0) is 56.0 Å². The maximum absolute atomic E-state index is 11.6. The summed E-state index contributed by atoms with van der Waals surface area (Å²) < 4.78 is 0. The molecule has 6 heteroatoms. The van der Waals surface area contributed by atoms with Gasteiger partial charge in [0.25, 0.3) is 0 Å². The fourth-order valence-electron chi connectivity index (χ4n) is 4.25. The smallest absolute Gasteiger partial charge is 0.336 e. The van der Waals surface area contributed by atoms with E-state index in [1.54, 1.807) is 6.07 Å². The second kappa shape index (κ2) is 8.97. The molecule has 0 radical (unpaired) electrons. The third kappa shape index (κ3) is 4.36. The summed E-state index contributed by atoms with van der Waals surface area (Å²) >= 11 is 0. The largest absolute Gasteiger partial charge is 0.478 e. The van der Waals surface area contributed by atoms with E-state index in [0.717, 1.165) is 48.4 Å². The lowest BCUT2D eigenvalue weighted by Crippen LogP contribution is -2.46. The van der Waals surface area contributed by atoms with Crippen molar-refractivity contribution < 1.29 is 15.0 Å². The topological polar surface area (TPSA) is 87.8 Å². The molecule has 0 unspecified atom stereocenters. The van der Waals surface area contributed by atoms with E-state index < -0.39 is 5.97 Å². The first-order valence-electron chi connectivity index (χ1n) is 9.92. The number of carboxylic acid groups (broad SMARTS) is 1. The molecule has 2 aromatic rings. The number of nitriles is 1. The Bertz CT molecular complexity index is 927. The maximum atomic E-state index is 11.6. The highest BCUT2D eigenvalue weighted by Crippen LogP contribution is 2.31. The van der Waals surface area contributed by atoms with Crippen LogP contribution < -0.4 is 9.80 Å². The molecule has 3 rings (SSSR count). The Labute approximate surface area is 171 Å². The molecule has 29 heavy (non-hydrogen) atoms. The minimum absolute atomic E-state index is 0.00714. The van der Waals surface area contributed by atoms with Crippen LogP contribution in [0.4, 0.5) is 11.4 Å². The fraction of sp³-hybridized carbons (Fsp3) is 0.391. The number of aryl methyl sites for hydroxylation is 2. The van der Waals surface area contributed by atoms with E-state index in [0.29, 0.717) is 17.7 Å². The number of hydrogen-bond acceptors (Lipinski definition) is 5. The SMILES string of the molecule is Cc1cc(C)c(N(CCO)C2CCN(c3ccccc3C#N)CC2)cc1C(=O)O. The summed E-state index contributed by atoms with van der Waals surface area (Å²) in [6, 6.07) is 13.7. The van der Waals surface area contributed by atoms with Gasteiger partial charge in [0, 0.05) is 31.4 Å². The average Bonchev–Trinajstić information content (AvgIpc) is 2.72. The van der Waals surface area contributed by atoms with Gasteiger partial charge < -0.3 is 20.0 Å². The zero-order valence-corrected chi connectivity index (χ0v) is 16.9. The van der Waals surface area contributed by atoms with Gasteiger partial charge in [-0.1, -0.05) is 18.2 Å². The van der Waals surface area contributed by atoms with Crippen LogP contribution in [0.25, 0.3) is 0 Å². The van der Waals surface area contributed by atoms with Crippen molar-refractivity contribution in [3.63, 3.8) is 0 Å². The van der Waals surface area contributed by atoms with Gasteiger partial charge in [0.15, 0.2) is 0 Å². The van der Waals surface area contributed by atoms with Gasteiger partial charge >= 0.3 is 5.97 Å². The highest BCUT2D eigenvalue weighted by atomic mass is 16.4. The van der Waals surface area contributed by atoms with E-state index in [-0.39, 0.29) is 12.6 Å². The van der Waals surface area contributed by atoms with Gasteiger partial charge in [-0.25, -0.2) is 4.79 Å². The van der Waals surface area contributed by atoms with Crippen LogP contribution in [0.2, 0.25) is 0 Å². The molecule has 0 bridgehead atoms. The Morgan fingerprint density at radius 2 is 1.90 bits per heavy atom. The Kier molecular flexibility index (Phi) is 6.40. The van der Waals surface area contributed by atoms with Crippen molar-refractivity contribution in [1.82, 2.24) is 0 Å². The minimum Gasteiger partial charge on any atom is -0.478 e. The summed E-state index contributed by atoms with van der Waals surface area (Å²) in [6.07, 6.45) is 1.74. The van der Waals surface area contributed by atoms with E-state index in [1.807, 2.05) is 44.2 Å². The van der Waals surface area contributed by atoms with Gasteiger partial charge in [-0.3, -0.25) is 0 Å². The maximum Gasteiger partial charge on any atom is 0.336 e. The van der Waals surface area contributed by atoms with E-state index >= 15 is 0 Å². The van der Waals surface area contributed by atoms with Crippen molar-refractivity contribution >= 4 is 17.3 Å². The number of carboxylic acids is 1. The van der Waals surface area contributed by atoms with Crippen molar-refractivity contribution in [1.29, 1.82) is 5.26 Å². The number of anilines is 2. The number of benzene rings is 2. The van der Waals surface area contributed by atoms with Crippen molar-refractivity contribution in [2.45, 2.75) is 32.7 Å². The first kappa shape index (κ1) is 20.7. The molecule has 0 aliphatic carbocycles. The molecule has 1 heterocycles. The lowest BCUT2D eigenvalue weighted by Gasteiger charge is -2.41. The second-order valence-electron chi connectivity index (χ2n) is 7.52. The molecule has 6 nitrogen and oxygen atoms in total. The average molecular weight is 393 g/mol. The highest BCUT2D eigenvalue weighted by molar-refractivity contribution is 5.91. The molecular formula is C23H27N3O3. The van der Waals surface area contributed by atoms with Crippen LogP contribution in [-0.2, 0) is 0 Å². The summed E-state index contributed by atoms with van der Waals surface area (Å²) in [5.74, 6) is -0.935. The highest BCUT2D eigenvalue weighted by Gasteiger charge is 2.27. The van der Waals surface area contributed by atoms with Crippen LogP contribution in [-0.4, -0.2) is 48.5 Å². The molecule has 152 valence electrons. The number of aliphatic hydroxyl groups is 1. The van der Waals surface area contributed by atoms with E-state index in [2.05, 4.69) is 15.9 Å². The quantitative estimate of drug-likeness (QED) is 0.783. The lowest BCUT2D eigenvalue weighted by atomic mass is 9.97. The number of piperidine rings is 1. The Morgan fingerprint density at radius 3 is 2.52 bits per heavy atom. The van der Waals surface area contributed by atoms with E-state index in [9.17, 15) is 20.3 Å². The normalized spacial score (nSPS) is 14.5. The molecule has 0 spiro atoms. The third-order valence-corrected chi connectivity index (χ3v) is 5.69. The summed E-state index contributed by atoms with van der Waals surface area (Å²) in [7, 11) is 0. The molecule has 0 atom stereocenters. The van der Waals surface area contributed by atoms with Crippen LogP contribution in [0, 0.1) is 25.2 Å². The number of hydrogen-bond donors (Lipinski definition) is 2. The summed E-state index contributed by atoms with van der Waals surface area (Å²) in [6.45, 7) is 5.87. The zero-order chi connectivity index (χ0) is 21.0. The van der Waals surface area contributed by atoms with Gasteiger partial charge in [-0.2, -0.15) is 5.26 Å². The van der Waals surface area contributed by atoms with Crippen LogP contribution in [0.1, 0.15) is 39.9 Å². The zero-order valence-electron chi connectivity index (χ0n) is 16.9. The molecule has 1 aliphatic heterocycles. The summed E-state index contributed by atoms with van der Waals surface area (Å²) in [5, 5.41) is 28.5. The molecule has 1 aliphatic rings. The van der Waals surface area contributed by atoms with Crippen molar-refractivity contribution in [3.05, 3.63) is 58.7 Å². The van der Waals surface area contributed by atoms with E-state index in [4.69, 9.17) is 0 Å². The second-order valence-corrected chi connectivity index (χ2v) is 7.52. The minimum atomic E-state index is -0.935. The molecular weight excluding hydrogens is 366 g/mol. The van der Waals surface area contributed by atoms with Gasteiger partial charge in [0.1, 0.15) is 6.07 Å². The predicted octanol–water partition coefficient (Wildman–Crippen LogP) is 3.34. The molecule has 0 amide bonds. The Morgan fingerprint density at radius 1 is 1.21 bits per heavy atom. The number of para-hydroxylation sites is 1. The Balaban J connectivity index is 1.83. The monoisotopic (exact) mass is 393 g/mol. The molecule has 2 N–H and O–H groups in total. The first-order chi connectivity index (χ1) is 14.0. The molecule has 1 fully saturated rings. The Hall–Kier alpha value is -3.04. The lowest BCUT2D eigenvalue weighted by molar-refractivity contribution is 0.0696. The predicted molar refractivity (Wildman–Crippen MR) is 114 cm³/mol. The van der Waals surface area contributed by atoms with Crippen LogP contribution in [0.15, 0.2) is 36.4 Å². The number of aliphatic hydroxyl groups excluding tert-OH is 1. The molecule has 1 saturated heterocycles. The number of nitrogens with zero attached hydrogens (tertiary/aromatic N) is 3. The van der Waals surface area contributed by atoms with Crippen molar-refractivity contribution in [2.24, 2.45) is 0 Å². The standard InChI is InChI=1S/C23H27N3O3/c1-16-13-17(2)22(14-20(16)23(28)29)26(11-12-27)19-7-9-25(10-8-19)21-6-4-3-5-18(21)15-24/h3-6,13-14,19,27H,7-12H2,1-2H3,(H,28,29). The number of rotatable bonds is 6. The molecule has 0 saturated carbocycles.